The Kier molecular flexibility index (Phi) is 6.22. The number of nitrogens with zero attached hydrogens (tertiary/aromatic N) is 1. The van der Waals surface area contributed by atoms with Crippen molar-refractivity contribution in [3.8, 4) is 5.75 Å². The Morgan fingerprint density at radius 1 is 1.39 bits per heavy atom. The van der Waals surface area contributed by atoms with Crippen LogP contribution in [0.25, 0.3) is 0 Å². The average Bonchev–Trinajstić information content (AvgIpc) is 2.37. The van der Waals surface area contributed by atoms with Gasteiger partial charge in [0.1, 0.15) is 12.4 Å². The molecule has 0 spiro atoms. The molecule has 1 aromatic carbocycles. The molecule has 1 atom stereocenters. The summed E-state index contributed by atoms with van der Waals surface area (Å²) in [5.41, 5.74) is 0. The number of carbonyl (C=O) groups excluding carboxylic acids is 1. The van der Waals surface area contributed by atoms with Gasteiger partial charge < -0.3 is 14.7 Å². The van der Waals surface area contributed by atoms with E-state index in [1.165, 1.54) is 0 Å². The van der Waals surface area contributed by atoms with Gasteiger partial charge in [-0.2, -0.15) is 0 Å². The molecule has 0 radical (unpaired) electrons. The van der Waals surface area contributed by atoms with Crippen LogP contribution in [0.15, 0.2) is 30.3 Å². The fourth-order valence-electron chi connectivity index (χ4n) is 1.47. The molecule has 1 rings (SSSR count). The van der Waals surface area contributed by atoms with E-state index in [4.69, 9.17) is 9.84 Å². The highest BCUT2D eigenvalue weighted by molar-refractivity contribution is 5.75. The zero-order valence-corrected chi connectivity index (χ0v) is 11.0. The van der Waals surface area contributed by atoms with Crippen molar-refractivity contribution in [2.24, 2.45) is 0 Å². The summed E-state index contributed by atoms with van der Waals surface area (Å²) in [6.45, 7) is 2.71. The highest BCUT2D eigenvalue weighted by Gasteiger charge is 2.09. The molecule has 1 aromatic rings. The second-order valence-electron chi connectivity index (χ2n) is 4.36. The van der Waals surface area contributed by atoms with Gasteiger partial charge in [0.2, 0.25) is 5.91 Å². The Balaban J connectivity index is 2.20. The van der Waals surface area contributed by atoms with Gasteiger partial charge in [-0.3, -0.25) is 4.79 Å². The van der Waals surface area contributed by atoms with Crippen LogP contribution in [-0.4, -0.2) is 42.2 Å². The standard InChI is InChI=1S/C14H21NO3/c1-12(16)8-9-14(17)15(2)10-11-18-13-6-4-3-5-7-13/h3-7,12,16H,8-11H2,1-2H3. The zero-order valence-electron chi connectivity index (χ0n) is 11.0. The number of ether oxygens (including phenoxy) is 1. The minimum absolute atomic E-state index is 0.0348. The lowest BCUT2D eigenvalue weighted by atomic mass is 10.2. The van der Waals surface area contributed by atoms with Crippen LogP contribution in [0.2, 0.25) is 0 Å². The third-order valence-electron chi connectivity index (χ3n) is 2.64. The number of benzene rings is 1. The van der Waals surface area contributed by atoms with Crippen LogP contribution in [0.1, 0.15) is 19.8 Å². The third-order valence-corrected chi connectivity index (χ3v) is 2.64. The Hall–Kier alpha value is -1.55. The SMILES string of the molecule is CC(O)CCC(=O)N(C)CCOc1ccccc1. The summed E-state index contributed by atoms with van der Waals surface area (Å²) in [6.07, 6.45) is 0.449. The number of aliphatic hydroxyl groups is 1. The highest BCUT2D eigenvalue weighted by atomic mass is 16.5. The van der Waals surface area contributed by atoms with Gasteiger partial charge in [0.15, 0.2) is 0 Å². The van der Waals surface area contributed by atoms with Crippen LogP contribution in [0.5, 0.6) is 5.75 Å². The van der Waals surface area contributed by atoms with Gasteiger partial charge in [0, 0.05) is 13.5 Å². The predicted octanol–water partition coefficient (Wildman–Crippen LogP) is 1.68. The molecule has 0 aromatic heterocycles. The summed E-state index contributed by atoms with van der Waals surface area (Å²) >= 11 is 0. The van der Waals surface area contributed by atoms with Crippen LogP contribution in [0.3, 0.4) is 0 Å². The number of likely N-dealkylation sites (N-methyl/N-ethyl adjacent to an activating group) is 1. The van der Waals surface area contributed by atoms with E-state index in [9.17, 15) is 4.79 Å². The average molecular weight is 251 g/mol. The third kappa shape index (κ3) is 5.68. The van der Waals surface area contributed by atoms with Crippen molar-refractivity contribution in [3.63, 3.8) is 0 Å². The van der Waals surface area contributed by atoms with E-state index >= 15 is 0 Å². The Labute approximate surface area is 108 Å². The van der Waals surface area contributed by atoms with E-state index in [2.05, 4.69) is 0 Å². The van der Waals surface area contributed by atoms with E-state index < -0.39 is 6.10 Å². The monoisotopic (exact) mass is 251 g/mol. The number of amides is 1. The molecule has 0 fully saturated rings. The topological polar surface area (TPSA) is 49.8 Å². The highest BCUT2D eigenvalue weighted by Crippen LogP contribution is 2.08. The maximum absolute atomic E-state index is 11.6. The summed E-state index contributed by atoms with van der Waals surface area (Å²) in [4.78, 5) is 13.3. The molecule has 1 amide bonds. The molecule has 4 heteroatoms. The molecular weight excluding hydrogens is 230 g/mol. The fourth-order valence-corrected chi connectivity index (χ4v) is 1.47. The Morgan fingerprint density at radius 2 is 2.06 bits per heavy atom. The summed E-state index contributed by atoms with van der Waals surface area (Å²) in [7, 11) is 1.75. The number of aliphatic hydroxyl groups excluding tert-OH is 1. The van der Waals surface area contributed by atoms with Crippen LogP contribution in [-0.2, 0) is 4.79 Å². The van der Waals surface area contributed by atoms with Crippen LogP contribution in [0, 0.1) is 0 Å². The molecule has 0 aliphatic carbocycles. The zero-order chi connectivity index (χ0) is 13.4. The van der Waals surface area contributed by atoms with Crippen molar-refractivity contribution in [3.05, 3.63) is 30.3 Å². The number of hydrogen-bond donors (Lipinski definition) is 1. The molecule has 0 saturated heterocycles. The first-order valence-corrected chi connectivity index (χ1v) is 6.19. The number of para-hydroxylation sites is 1. The summed E-state index contributed by atoms with van der Waals surface area (Å²) in [5, 5.41) is 9.11. The van der Waals surface area contributed by atoms with Crippen molar-refractivity contribution in [1.82, 2.24) is 4.90 Å². The molecule has 0 bridgehead atoms. The summed E-state index contributed by atoms with van der Waals surface area (Å²) in [5.74, 6) is 0.842. The predicted molar refractivity (Wildman–Crippen MR) is 70.5 cm³/mol. The van der Waals surface area contributed by atoms with Crippen molar-refractivity contribution in [1.29, 1.82) is 0 Å². The van der Waals surface area contributed by atoms with Gasteiger partial charge >= 0.3 is 0 Å². The number of rotatable bonds is 7. The molecule has 1 N–H and O–H groups in total. The van der Waals surface area contributed by atoms with Gasteiger partial charge in [-0.25, -0.2) is 0 Å². The second-order valence-corrected chi connectivity index (χ2v) is 4.36. The van der Waals surface area contributed by atoms with E-state index in [0.717, 1.165) is 5.75 Å². The van der Waals surface area contributed by atoms with Crippen molar-refractivity contribution >= 4 is 5.91 Å². The van der Waals surface area contributed by atoms with E-state index in [-0.39, 0.29) is 5.91 Å². The molecule has 100 valence electrons. The minimum Gasteiger partial charge on any atom is -0.492 e. The van der Waals surface area contributed by atoms with E-state index in [1.807, 2.05) is 30.3 Å². The fraction of sp³-hybridized carbons (Fsp3) is 0.500. The molecule has 0 aliphatic rings. The normalized spacial score (nSPS) is 11.9. The molecule has 0 saturated carbocycles. The minimum atomic E-state index is -0.428. The van der Waals surface area contributed by atoms with Crippen molar-refractivity contribution in [2.45, 2.75) is 25.9 Å². The quantitative estimate of drug-likeness (QED) is 0.802. The van der Waals surface area contributed by atoms with Gasteiger partial charge in [0.05, 0.1) is 12.6 Å². The second kappa shape index (κ2) is 7.71. The lowest BCUT2D eigenvalue weighted by Crippen LogP contribution is -2.31. The molecule has 0 aliphatic heterocycles. The first-order valence-electron chi connectivity index (χ1n) is 6.19. The Bertz CT molecular complexity index is 351. The summed E-state index contributed by atoms with van der Waals surface area (Å²) in [6, 6.07) is 9.52. The van der Waals surface area contributed by atoms with Crippen LogP contribution >= 0.6 is 0 Å². The van der Waals surface area contributed by atoms with E-state index in [1.54, 1.807) is 18.9 Å². The van der Waals surface area contributed by atoms with Crippen LogP contribution < -0.4 is 4.74 Å². The lowest BCUT2D eigenvalue weighted by Gasteiger charge is -2.17. The van der Waals surface area contributed by atoms with Crippen molar-refractivity contribution < 1.29 is 14.6 Å². The van der Waals surface area contributed by atoms with Gasteiger partial charge in [0.25, 0.3) is 0 Å². The molecule has 0 heterocycles. The van der Waals surface area contributed by atoms with Crippen LogP contribution in [0.4, 0.5) is 0 Å². The smallest absolute Gasteiger partial charge is 0.222 e. The Morgan fingerprint density at radius 3 is 2.67 bits per heavy atom. The summed E-state index contributed by atoms with van der Waals surface area (Å²) < 4.78 is 5.51. The lowest BCUT2D eigenvalue weighted by molar-refractivity contribution is -0.130. The van der Waals surface area contributed by atoms with Gasteiger partial charge in [-0.05, 0) is 25.5 Å². The maximum Gasteiger partial charge on any atom is 0.222 e. The molecule has 18 heavy (non-hydrogen) atoms. The van der Waals surface area contributed by atoms with Gasteiger partial charge in [-0.15, -0.1) is 0 Å². The molecular formula is C14H21NO3. The maximum atomic E-state index is 11.6. The van der Waals surface area contributed by atoms with Gasteiger partial charge in [-0.1, -0.05) is 18.2 Å². The number of hydrogen-bond acceptors (Lipinski definition) is 3. The first-order chi connectivity index (χ1) is 8.59. The first kappa shape index (κ1) is 14.5. The molecule has 4 nitrogen and oxygen atoms in total. The number of carbonyl (C=O) groups is 1. The van der Waals surface area contributed by atoms with E-state index in [0.29, 0.717) is 26.0 Å². The van der Waals surface area contributed by atoms with Crippen molar-refractivity contribution in [2.75, 3.05) is 20.2 Å². The molecule has 1 unspecified atom stereocenters. The largest absolute Gasteiger partial charge is 0.492 e.